The number of hydrogen-bond acceptors (Lipinski definition) is 3. The Morgan fingerprint density at radius 2 is 2.12 bits per heavy atom. The zero-order chi connectivity index (χ0) is 17.5. The largest absolute Gasteiger partial charge is 0.335 e. The van der Waals surface area contributed by atoms with E-state index in [1.807, 2.05) is 42.9 Å². The quantitative estimate of drug-likeness (QED) is 0.533. The first-order chi connectivity index (χ1) is 12.8. The number of hydrogen-bond donors (Lipinski definition) is 3. The summed E-state index contributed by atoms with van der Waals surface area (Å²) in [7, 11) is 0. The Kier molecular flexibility index (Phi) is 3.24. The average molecular weight is 344 g/mol. The maximum absolute atomic E-state index is 12.3. The number of nitrogens with zero attached hydrogens (tertiary/aromatic N) is 3. The van der Waals surface area contributed by atoms with Gasteiger partial charge in [0.15, 0.2) is 0 Å². The minimum absolute atomic E-state index is 0.0459. The summed E-state index contributed by atoms with van der Waals surface area (Å²) in [5.74, 6) is 0. The molecule has 2 aromatic carbocycles. The lowest BCUT2D eigenvalue weighted by atomic mass is 10.0. The molecule has 0 saturated heterocycles. The van der Waals surface area contributed by atoms with Crippen molar-refractivity contribution < 1.29 is 4.79 Å². The van der Waals surface area contributed by atoms with E-state index in [-0.39, 0.29) is 12.1 Å². The third-order valence-electron chi connectivity index (χ3n) is 4.75. The summed E-state index contributed by atoms with van der Waals surface area (Å²) >= 11 is 0. The molecular weight excluding hydrogens is 328 g/mol. The molecule has 0 radical (unpaired) electrons. The fourth-order valence-electron chi connectivity index (χ4n) is 3.52. The smallest absolute Gasteiger partial charge is 0.319 e. The van der Waals surface area contributed by atoms with E-state index in [1.54, 1.807) is 6.20 Å². The van der Waals surface area contributed by atoms with Crippen LogP contribution in [-0.4, -0.2) is 32.3 Å². The molecule has 7 nitrogen and oxygen atoms in total. The maximum Gasteiger partial charge on any atom is 0.319 e. The first kappa shape index (κ1) is 14.7. The molecule has 128 valence electrons. The second-order valence-electron chi connectivity index (χ2n) is 6.30. The third kappa shape index (κ3) is 2.33. The van der Waals surface area contributed by atoms with Crippen LogP contribution in [0.1, 0.15) is 11.6 Å². The molecule has 1 aliphatic rings. The number of aromatic amines is 1. The molecule has 4 aromatic rings. The van der Waals surface area contributed by atoms with E-state index < -0.39 is 0 Å². The number of carbonyl (C=O) groups is 1. The second kappa shape index (κ2) is 5.73. The van der Waals surface area contributed by atoms with Gasteiger partial charge in [-0.2, -0.15) is 5.10 Å². The van der Waals surface area contributed by atoms with Crippen LogP contribution in [0.15, 0.2) is 61.2 Å². The first-order valence-corrected chi connectivity index (χ1v) is 8.39. The number of carbonyl (C=O) groups excluding carboxylic acids is 1. The number of anilines is 1. The lowest BCUT2D eigenvalue weighted by Gasteiger charge is -2.16. The molecule has 0 saturated carbocycles. The third-order valence-corrected chi connectivity index (χ3v) is 4.75. The monoisotopic (exact) mass is 344 g/mol. The van der Waals surface area contributed by atoms with Crippen molar-refractivity contribution in [3.63, 3.8) is 0 Å². The molecule has 1 unspecified atom stereocenters. The molecule has 0 bridgehead atoms. The molecule has 3 N–H and O–H groups in total. The van der Waals surface area contributed by atoms with Gasteiger partial charge < -0.3 is 15.2 Å². The highest BCUT2D eigenvalue weighted by atomic mass is 16.2. The number of rotatable bonds is 3. The van der Waals surface area contributed by atoms with Gasteiger partial charge in [0.2, 0.25) is 0 Å². The van der Waals surface area contributed by atoms with E-state index in [9.17, 15) is 4.79 Å². The highest BCUT2D eigenvalue weighted by Crippen LogP contribution is 2.38. The van der Waals surface area contributed by atoms with Crippen molar-refractivity contribution in [3.05, 3.63) is 66.7 Å². The van der Waals surface area contributed by atoms with Crippen molar-refractivity contribution >= 4 is 22.6 Å². The first-order valence-electron chi connectivity index (χ1n) is 8.39. The molecule has 0 spiro atoms. The number of amides is 2. The Morgan fingerprint density at radius 1 is 1.19 bits per heavy atom. The normalized spacial score (nSPS) is 14.8. The topological polar surface area (TPSA) is 87.6 Å². The molecule has 7 heteroatoms. The van der Waals surface area contributed by atoms with Crippen LogP contribution < -0.4 is 10.6 Å². The Hall–Kier alpha value is -3.61. The number of H-pyrrole nitrogens is 1. The van der Waals surface area contributed by atoms with E-state index in [0.717, 1.165) is 22.3 Å². The van der Waals surface area contributed by atoms with E-state index in [0.29, 0.717) is 6.54 Å². The van der Waals surface area contributed by atoms with Crippen LogP contribution >= 0.6 is 0 Å². The Labute approximate surface area is 149 Å². The summed E-state index contributed by atoms with van der Waals surface area (Å²) in [6, 6.07) is 13.7. The summed E-state index contributed by atoms with van der Waals surface area (Å²) in [6.45, 7) is 0.485. The van der Waals surface area contributed by atoms with Crippen LogP contribution in [0.2, 0.25) is 0 Å². The number of aromatic nitrogens is 4. The average Bonchev–Trinajstić information content (AvgIpc) is 3.36. The van der Waals surface area contributed by atoms with Gasteiger partial charge in [0.05, 0.1) is 36.0 Å². The zero-order valence-electron chi connectivity index (χ0n) is 13.8. The minimum atomic E-state index is -0.241. The van der Waals surface area contributed by atoms with Gasteiger partial charge >= 0.3 is 6.03 Å². The molecule has 0 aliphatic carbocycles. The molecule has 26 heavy (non-hydrogen) atoms. The van der Waals surface area contributed by atoms with Crippen molar-refractivity contribution in [1.82, 2.24) is 25.1 Å². The predicted octanol–water partition coefficient (Wildman–Crippen LogP) is 3.15. The standard InChI is InChI=1S/C19H16N6O/c26-19(23-13-6-5-12-8-22-24-16(12)7-13)21-10-18-15-4-2-1-3-14(15)17-9-20-11-25(17)18/h1-9,11,18H,10H2,(H,22,24)(H2,21,23,26). The van der Waals surface area contributed by atoms with Crippen molar-refractivity contribution in [2.45, 2.75) is 6.04 Å². The Morgan fingerprint density at radius 3 is 3.08 bits per heavy atom. The summed E-state index contributed by atoms with van der Waals surface area (Å²) in [5, 5.41) is 13.7. The van der Waals surface area contributed by atoms with E-state index in [1.165, 1.54) is 11.1 Å². The lowest BCUT2D eigenvalue weighted by molar-refractivity contribution is 0.251. The number of nitrogens with one attached hydrogen (secondary N) is 3. The van der Waals surface area contributed by atoms with Gasteiger partial charge in [0.25, 0.3) is 0 Å². The van der Waals surface area contributed by atoms with Crippen molar-refractivity contribution in [3.8, 4) is 11.3 Å². The summed E-state index contributed by atoms with van der Waals surface area (Å²) in [4.78, 5) is 16.6. The number of fused-ring (bicyclic) bond motifs is 4. The number of imidazole rings is 1. The van der Waals surface area contributed by atoms with E-state index >= 15 is 0 Å². The molecule has 0 fully saturated rings. The van der Waals surface area contributed by atoms with E-state index in [2.05, 4.69) is 42.5 Å². The van der Waals surface area contributed by atoms with Gasteiger partial charge in [-0.05, 0) is 23.8 Å². The summed E-state index contributed by atoms with van der Waals surface area (Å²) in [6.07, 6.45) is 5.42. The van der Waals surface area contributed by atoms with Crippen molar-refractivity contribution in [2.24, 2.45) is 0 Å². The number of benzene rings is 2. The molecule has 3 heterocycles. The number of urea groups is 1. The molecule has 1 atom stereocenters. The van der Waals surface area contributed by atoms with Gasteiger partial charge in [0, 0.05) is 23.2 Å². The Bertz CT molecular complexity index is 1110. The SMILES string of the molecule is O=C(NCC1c2ccccc2-c2cncn21)Nc1ccc2cn[nH]c2c1. The minimum Gasteiger partial charge on any atom is -0.335 e. The second-order valence-corrected chi connectivity index (χ2v) is 6.30. The van der Waals surface area contributed by atoms with Gasteiger partial charge in [-0.1, -0.05) is 24.3 Å². The molecule has 1 aliphatic heterocycles. The van der Waals surface area contributed by atoms with Crippen LogP contribution in [-0.2, 0) is 0 Å². The molecule has 2 amide bonds. The molecule has 2 aromatic heterocycles. The van der Waals surface area contributed by atoms with Gasteiger partial charge in [-0.15, -0.1) is 0 Å². The van der Waals surface area contributed by atoms with Crippen molar-refractivity contribution in [1.29, 1.82) is 0 Å². The van der Waals surface area contributed by atoms with Crippen LogP contribution in [0.4, 0.5) is 10.5 Å². The molecular formula is C19H16N6O. The van der Waals surface area contributed by atoms with Gasteiger partial charge in [-0.3, -0.25) is 5.10 Å². The van der Waals surface area contributed by atoms with Crippen molar-refractivity contribution in [2.75, 3.05) is 11.9 Å². The zero-order valence-corrected chi connectivity index (χ0v) is 13.8. The highest BCUT2D eigenvalue weighted by molar-refractivity contribution is 5.92. The van der Waals surface area contributed by atoms with E-state index in [4.69, 9.17) is 0 Å². The maximum atomic E-state index is 12.3. The fraction of sp³-hybridized carbons (Fsp3) is 0.105. The predicted molar refractivity (Wildman–Crippen MR) is 98.9 cm³/mol. The van der Waals surface area contributed by atoms with Crippen LogP contribution in [0.25, 0.3) is 22.2 Å². The Balaban J connectivity index is 1.31. The summed E-state index contributed by atoms with van der Waals surface area (Å²) in [5.41, 5.74) is 5.05. The highest BCUT2D eigenvalue weighted by Gasteiger charge is 2.28. The van der Waals surface area contributed by atoms with Crippen LogP contribution in [0, 0.1) is 0 Å². The molecule has 5 rings (SSSR count). The fourth-order valence-corrected chi connectivity index (χ4v) is 3.52. The van der Waals surface area contributed by atoms with Gasteiger partial charge in [0.1, 0.15) is 0 Å². The van der Waals surface area contributed by atoms with Gasteiger partial charge in [-0.25, -0.2) is 9.78 Å². The lowest BCUT2D eigenvalue weighted by Crippen LogP contribution is -2.33. The van der Waals surface area contributed by atoms with Crippen LogP contribution in [0.3, 0.4) is 0 Å². The van der Waals surface area contributed by atoms with Crippen LogP contribution in [0.5, 0.6) is 0 Å². The summed E-state index contributed by atoms with van der Waals surface area (Å²) < 4.78 is 2.10.